The Bertz CT molecular complexity index is 421. The van der Waals surface area contributed by atoms with Gasteiger partial charge < -0.3 is 4.90 Å². The normalized spacial score (nSPS) is 10.5. The van der Waals surface area contributed by atoms with Crippen LogP contribution in [0.25, 0.3) is 0 Å². The lowest BCUT2D eigenvalue weighted by Gasteiger charge is -2.22. The molecule has 0 fully saturated rings. The molecule has 0 N–H and O–H groups in total. The van der Waals surface area contributed by atoms with Gasteiger partial charge in [-0.15, -0.1) is 0 Å². The van der Waals surface area contributed by atoms with Crippen LogP contribution in [0.5, 0.6) is 0 Å². The van der Waals surface area contributed by atoms with Crippen molar-refractivity contribution in [3.05, 3.63) is 33.8 Å². The summed E-state index contributed by atoms with van der Waals surface area (Å²) in [5.41, 5.74) is 1.02. The Morgan fingerprint density at radius 1 is 1.16 bits per heavy atom. The topological polar surface area (TPSA) is 20.3 Å². The van der Waals surface area contributed by atoms with E-state index in [9.17, 15) is 4.79 Å². The first kappa shape index (κ1) is 16.3. The maximum atomic E-state index is 12.1. The molecule has 0 spiro atoms. The van der Waals surface area contributed by atoms with Crippen molar-refractivity contribution in [3.63, 3.8) is 0 Å². The third kappa shape index (κ3) is 5.42. The van der Waals surface area contributed by atoms with Gasteiger partial charge in [-0.3, -0.25) is 4.79 Å². The van der Waals surface area contributed by atoms with Gasteiger partial charge in [-0.2, -0.15) is 0 Å². The second kappa shape index (κ2) is 8.44. The lowest BCUT2D eigenvalue weighted by molar-refractivity contribution is -0.131. The van der Waals surface area contributed by atoms with Crippen molar-refractivity contribution < 1.29 is 4.79 Å². The lowest BCUT2D eigenvalue weighted by Crippen LogP contribution is -2.31. The minimum absolute atomic E-state index is 0.210. The number of carbonyl (C=O) groups is 1. The van der Waals surface area contributed by atoms with Crippen molar-refractivity contribution in [2.45, 2.75) is 46.1 Å². The molecular weight excluding hydrogens is 281 g/mol. The van der Waals surface area contributed by atoms with E-state index in [1.54, 1.807) is 6.07 Å². The van der Waals surface area contributed by atoms with Crippen molar-refractivity contribution in [1.82, 2.24) is 4.90 Å². The molecule has 0 saturated carbocycles. The summed E-state index contributed by atoms with van der Waals surface area (Å²) in [6.07, 6.45) is 3.59. The highest BCUT2D eigenvalue weighted by Crippen LogP contribution is 2.23. The average Bonchev–Trinajstić information content (AvgIpc) is 2.39. The van der Waals surface area contributed by atoms with Crippen LogP contribution in [-0.4, -0.2) is 17.4 Å². The number of hydrogen-bond donors (Lipinski definition) is 0. The summed E-state index contributed by atoms with van der Waals surface area (Å²) in [6, 6.07) is 5.54. The highest BCUT2D eigenvalue weighted by Gasteiger charge is 2.13. The molecule has 0 bridgehead atoms. The van der Waals surface area contributed by atoms with Crippen LogP contribution in [0.3, 0.4) is 0 Å². The molecule has 19 heavy (non-hydrogen) atoms. The average molecular weight is 302 g/mol. The summed E-state index contributed by atoms with van der Waals surface area (Å²) in [7, 11) is 0. The van der Waals surface area contributed by atoms with Crippen molar-refractivity contribution >= 4 is 29.1 Å². The molecule has 0 atom stereocenters. The fourth-order valence-corrected chi connectivity index (χ4v) is 2.19. The second-order valence-corrected chi connectivity index (χ2v) is 5.48. The quantitative estimate of drug-likeness (QED) is 0.700. The van der Waals surface area contributed by atoms with Gasteiger partial charge in [0.15, 0.2) is 0 Å². The van der Waals surface area contributed by atoms with E-state index >= 15 is 0 Å². The summed E-state index contributed by atoms with van der Waals surface area (Å²) < 4.78 is 0. The number of carbonyl (C=O) groups excluding carboxylic acids is 1. The summed E-state index contributed by atoms with van der Waals surface area (Å²) in [5.74, 6) is 0.210. The monoisotopic (exact) mass is 301 g/mol. The number of benzene rings is 1. The van der Waals surface area contributed by atoms with Gasteiger partial charge in [0.2, 0.25) is 5.91 Å². The fourth-order valence-electron chi connectivity index (χ4n) is 1.87. The maximum Gasteiger partial charge on any atom is 0.222 e. The Labute approximate surface area is 125 Å². The predicted molar refractivity (Wildman–Crippen MR) is 81.7 cm³/mol. The van der Waals surface area contributed by atoms with E-state index in [0.717, 1.165) is 31.4 Å². The molecule has 1 amide bonds. The maximum absolute atomic E-state index is 12.1. The number of unbranched alkanes of at least 4 members (excludes halogenated alkanes) is 1. The molecule has 106 valence electrons. The molecule has 1 aromatic carbocycles. The van der Waals surface area contributed by atoms with E-state index in [0.29, 0.717) is 23.0 Å². The van der Waals surface area contributed by atoms with Crippen molar-refractivity contribution in [2.75, 3.05) is 6.54 Å². The molecule has 0 heterocycles. The van der Waals surface area contributed by atoms with Gasteiger partial charge in [0.05, 0.1) is 10.0 Å². The van der Waals surface area contributed by atoms with Gasteiger partial charge in [-0.1, -0.05) is 49.5 Å². The number of rotatable bonds is 7. The van der Waals surface area contributed by atoms with Crippen LogP contribution in [0.15, 0.2) is 18.2 Å². The van der Waals surface area contributed by atoms with Crippen LogP contribution < -0.4 is 0 Å². The largest absolute Gasteiger partial charge is 0.338 e. The zero-order valence-corrected chi connectivity index (χ0v) is 13.1. The Balaban J connectivity index is 2.74. The second-order valence-electron chi connectivity index (χ2n) is 4.67. The molecule has 4 heteroatoms. The standard InChI is InChI=1S/C15H21Cl2NO/c1-3-5-9-18(15(19)6-4-2)11-12-7-8-13(16)14(17)10-12/h7-8,10H,3-6,9,11H2,1-2H3. The summed E-state index contributed by atoms with van der Waals surface area (Å²) in [6.45, 7) is 5.56. The molecule has 1 aromatic rings. The molecule has 0 unspecified atom stereocenters. The zero-order valence-electron chi connectivity index (χ0n) is 11.6. The molecule has 0 aliphatic rings. The third-order valence-corrected chi connectivity index (χ3v) is 3.69. The molecular formula is C15H21Cl2NO. The Morgan fingerprint density at radius 3 is 2.47 bits per heavy atom. The summed E-state index contributed by atoms with van der Waals surface area (Å²) >= 11 is 11.9. The van der Waals surface area contributed by atoms with E-state index in [2.05, 4.69) is 6.92 Å². The molecule has 0 radical (unpaired) electrons. The van der Waals surface area contributed by atoms with Crippen LogP contribution in [0, 0.1) is 0 Å². The lowest BCUT2D eigenvalue weighted by atomic mass is 10.2. The molecule has 0 aliphatic carbocycles. The molecule has 0 aliphatic heterocycles. The Hall–Kier alpha value is -0.730. The van der Waals surface area contributed by atoms with Crippen LogP contribution in [0.4, 0.5) is 0 Å². The summed E-state index contributed by atoms with van der Waals surface area (Å²) in [5, 5.41) is 1.09. The van der Waals surface area contributed by atoms with Crippen molar-refractivity contribution in [3.8, 4) is 0 Å². The van der Waals surface area contributed by atoms with Crippen LogP contribution >= 0.6 is 23.2 Å². The summed E-state index contributed by atoms with van der Waals surface area (Å²) in [4.78, 5) is 14.0. The smallest absolute Gasteiger partial charge is 0.222 e. The molecule has 0 saturated heterocycles. The van der Waals surface area contributed by atoms with Crippen LogP contribution in [0.1, 0.15) is 45.1 Å². The minimum Gasteiger partial charge on any atom is -0.338 e. The molecule has 1 rings (SSSR count). The number of hydrogen-bond acceptors (Lipinski definition) is 1. The molecule has 0 aromatic heterocycles. The number of halogens is 2. The van der Waals surface area contributed by atoms with Crippen molar-refractivity contribution in [1.29, 1.82) is 0 Å². The Morgan fingerprint density at radius 2 is 1.89 bits per heavy atom. The van der Waals surface area contributed by atoms with E-state index < -0.39 is 0 Å². The zero-order chi connectivity index (χ0) is 14.3. The van der Waals surface area contributed by atoms with E-state index in [-0.39, 0.29) is 5.91 Å². The first-order valence-corrected chi connectivity index (χ1v) is 7.55. The first-order chi connectivity index (χ1) is 9.08. The van der Waals surface area contributed by atoms with Crippen LogP contribution in [0.2, 0.25) is 10.0 Å². The highest BCUT2D eigenvalue weighted by atomic mass is 35.5. The highest BCUT2D eigenvalue weighted by molar-refractivity contribution is 6.42. The predicted octanol–water partition coefficient (Wildman–Crippen LogP) is 4.92. The van der Waals surface area contributed by atoms with E-state index in [4.69, 9.17) is 23.2 Å². The molecule has 2 nitrogen and oxygen atoms in total. The van der Waals surface area contributed by atoms with Gasteiger partial charge in [-0.05, 0) is 30.5 Å². The first-order valence-electron chi connectivity index (χ1n) is 6.80. The number of nitrogens with zero attached hydrogens (tertiary/aromatic N) is 1. The van der Waals surface area contributed by atoms with E-state index in [1.165, 1.54) is 0 Å². The third-order valence-electron chi connectivity index (χ3n) is 2.96. The van der Waals surface area contributed by atoms with Gasteiger partial charge >= 0.3 is 0 Å². The number of amides is 1. The van der Waals surface area contributed by atoms with Gasteiger partial charge in [0, 0.05) is 19.5 Å². The SMILES string of the molecule is CCCCN(Cc1ccc(Cl)c(Cl)c1)C(=O)CCC. The van der Waals surface area contributed by atoms with E-state index in [1.807, 2.05) is 24.0 Å². The Kier molecular flexibility index (Phi) is 7.25. The van der Waals surface area contributed by atoms with Gasteiger partial charge in [-0.25, -0.2) is 0 Å². The van der Waals surface area contributed by atoms with Gasteiger partial charge in [0.1, 0.15) is 0 Å². The van der Waals surface area contributed by atoms with Crippen molar-refractivity contribution in [2.24, 2.45) is 0 Å². The minimum atomic E-state index is 0.210. The van der Waals surface area contributed by atoms with Gasteiger partial charge in [0.25, 0.3) is 0 Å². The van der Waals surface area contributed by atoms with Crippen LogP contribution in [-0.2, 0) is 11.3 Å². The fraction of sp³-hybridized carbons (Fsp3) is 0.533.